The summed E-state index contributed by atoms with van der Waals surface area (Å²) in [5.74, 6) is 1.03. The molecule has 0 aromatic carbocycles. The van der Waals surface area contributed by atoms with Crippen LogP contribution in [0.3, 0.4) is 0 Å². The smallest absolute Gasteiger partial charge is 0.166 e. The van der Waals surface area contributed by atoms with Gasteiger partial charge in [-0.25, -0.2) is 9.50 Å². The van der Waals surface area contributed by atoms with Crippen LogP contribution in [-0.2, 0) is 4.74 Å². The fourth-order valence-electron chi connectivity index (χ4n) is 2.15. The maximum Gasteiger partial charge on any atom is 0.166 e. The van der Waals surface area contributed by atoms with Crippen LogP contribution in [0, 0.1) is 0 Å². The van der Waals surface area contributed by atoms with Gasteiger partial charge in [-0.15, -0.1) is 0 Å². The molecule has 0 aliphatic carbocycles. The van der Waals surface area contributed by atoms with Gasteiger partial charge in [-0.05, 0) is 25.0 Å². The number of hydrogen-bond acceptors (Lipinski definition) is 4. The second kappa shape index (κ2) is 4.25. The van der Waals surface area contributed by atoms with Gasteiger partial charge < -0.3 is 4.74 Å². The zero-order valence-corrected chi connectivity index (χ0v) is 9.37. The van der Waals surface area contributed by atoms with Crippen LogP contribution in [0.2, 0.25) is 0 Å². The van der Waals surface area contributed by atoms with E-state index in [4.69, 9.17) is 4.74 Å². The van der Waals surface area contributed by atoms with Gasteiger partial charge in [0.2, 0.25) is 0 Å². The molecule has 2 aromatic heterocycles. The molecule has 0 spiro atoms. The zero-order valence-electron chi connectivity index (χ0n) is 9.37. The molecule has 1 aliphatic heterocycles. The number of carbonyl (C=O) groups excluding carboxylic acids is 1. The van der Waals surface area contributed by atoms with Gasteiger partial charge in [0.05, 0.1) is 12.2 Å². The van der Waals surface area contributed by atoms with Crippen LogP contribution in [0.25, 0.3) is 5.65 Å². The van der Waals surface area contributed by atoms with Gasteiger partial charge in [0.1, 0.15) is 0 Å². The van der Waals surface area contributed by atoms with Crippen molar-refractivity contribution >= 4 is 11.9 Å². The largest absolute Gasteiger partial charge is 0.381 e. The van der Waals surface area contributed by atoms with E-state index in [1.165, 1.54) is 0 Å². The molecule has 0 bridgehead atoms. The number of rotatable bonds is 2. The molecular weight excluding hydrogens is 218 g/mol. The highest BCUT2D eigenvalue weighted by Gasteiger charge is 2.21. The molecule has 5 heteroatoms. The van der Waals surface area contributed by atoms with E-state index in [1.807, 2.05) is 6.20 Å². The van der Waals surface area contributed by atoms with Crippen LogP contribution in [0.5, 0.6) is 0 Å². The first-order valence-corrected chi connectivity index (χ1v) is 5.76. The molecule has 1 fully saturated rings. The van der Waals surface area contributed by atoms with Crippen LogP contribution in [-0.4, -0.2) is 34.1 Å². The molecule has 1 atom stereocenters. The SMILES string of the molecule is O=Cc1cccn2nc(C3CCCOC3)nc12. The fraction of sp³-hybridized carbons (Fsp3) is 0.417. The minimum atomic E-state index is 0.253. The zero-order chi connectivity index (χ0) is 11.7. The maximum absolute atomic E-state index is 10.9. The third-order valence-corrected chi connectivity index (χ3v) is 3.06. The Morgan fingerprint density at radius 3 is 3.24 bits per heavy atom. The molecule has 1 unspecified atom stereocenters. The first-order chi connectivity index (χ1) is 8.38. The Labute approximate surface area is 98.4 Å². The summed E-state index contributed by atoms with van der Waals surface area (Å²) >= 11 is 0. The maximum atomic E-state index is 10.9. The predicted molar refractivity (Wildman–Crippen MR) is 61.2 cm³/mol. The Hall–Kier alpha value is -1.75. The summed E-state index contributed by atoms with van der Waals surface area (Å²) in [6.07, 6.45) is 4.71. The highest BCUT2D eigenvalue weighted by atomic mass is 16.5. The van der Waals surface area contributed by atoms with Gasteiger partial charge in [-0.2, -0.15) is 5.10 Å². The minimum Gasteiger partial charge on any atom is -0.381 e. The minimum absolute atomic E-state index is 0.253. The average molecular weight is 231 g/mol. The number of pyridine rings is 1. The van der Waals surface area contributed by atoms with Crippen molar-refractivity contribution in [3.63, 3.8) is 0 Å². The quantitative estimate of drug-likeness (QED) is 0.734. The van der Waals surface area contributed by atoms with E-state index >= 15 is 0 Å². The van der Waals surface area contributed by atoms with Crippen molar-refractivity contribution in [3.05, 3.63) is 29.7 Å². The monoisotopic (exact) mass is 231 g/mol. The van der Waals surface area contributed by atoms with Gasteiger partial charge in [0, 0.05) is 18.7 Å². The van der Waals surface area contributed by atoms with Gasteiger partial charge >= 0.3 is 0 Å². The topological polar surface area (TPSA) is 56.5 Å². The lowest BCUT2D eigenvalue weighted by molar-refractivity contribution is 0.0781. The van der Waals surface area contributed by atoms with E-state index in [-0.39, 0.29) is 5.92 Å². The number of carbonyl (C=O) groups is 1. The average Bonchev–Trinajstić information content (AvgIpc) is 2.83. The Bertz CT molecular complexity index is 544. The molecule has 5 nitrogen and oxygen atoms in total. The summed E-state index contributed by atoms with van der Waals surface area (Å²) in [7, 11) is 0. The molecule has 1 saturated heterocycles. The summed E-state index contributed by atoms with van der Waals surface area (Å²) in [5.41, 5.74) is 1.20. The fourth-order valence-corrected chi connectivity index (χ4v) is 2.15. The van der Waals surface area contributed by atoms with Crippen molar-refractivity contribution in [2.24, 2.45) is 0 Å². The summed E-state index contributed by atoms with van der Waals surface area (Å²) < 4.78 is 7.09. The second-order valence-corrected chi connectivity index (χ2v) is 4.23. The lowest BCUT2D eigenvalue weighted by atomic mass is 10.0. The van der Waals surface area contributed by atoms with E-state index in [0.29, 0.717) is 17.8 Å². The van der Waals surface area contributed by atoms with Crippen molar-refractivity contribution < 1.29 is 9.53 Å². The predicted octanol–water partition coefficient (Wildman–Crippen LogP) is 1.44. The number of hydrogen-bond donors (Lipinski definition) is 0. The Kier molecular flexibility index (Phi) is 2.60. The third kappa shape index (κ3) is 1.82. The number of aromatic nitrogens is 3. The van der Waals surface area contributed by atoms with Gasteiger partial charge in [-0.1, -0.05) is 0 Å². The molecular formula is C12H13N3O2. The first-order valence-electron chi connectivity index (χ1n) is 5.76. The molecule has 17 heavy (non-hydrogen) atoms. The van der Waals surface area contributed by atoms with E-state index < -0.39 is 0 Å². The van der Waals surface area contributed by atoms with Gasteiger partial charge in [0.15, 0.2) is 17.8 Å². The highest BCUT2D eigenvalue weighted by Crippen LogP contribution is 2.23. The molecule has 0 N–H and O–H groups in total. The lowest BCUT2D eigenvalue weighted by Gasteiger charge is -2.18. The molecule has 3 rings (SSSR count). The number of nitrogens with zero attached hydrogens (tertiary/aromatic N) is 3. The van der Waals surface area contributed by atoms with E-state index in [9.17, 15) is 4.79 Å². The Morgan fingerprint density at radius 2 is 2.47 bits per heavy atom. The van der Waals surface area contributed by atoms with E-state index in [2.05, 4.69) is 10.1 Å². The van der Waals surface area contributed by atoms with Crippen LogP contribution in [0.4, 0.5) is 0 Å². The van der Waals surface area contributed by atoms with Gasteiger partial charge in [0.25, 0.3) is 0 Å². The van der Waals surface area contributed by atoms with Crippen LogP contribution in [0.1, 0.15) is 34.9 Å². The standard InChI is InChI=1S/C12H13N3O2/c16-7-9-3-1-5-15-12(9)13-11(14-15)10-4-2-6-17-8-10/h1,3,5,7,10H,2,4,6,8H2. The molecule has 0 amide bonds. The van der Waals surface area contributed by atoms with Crippen molar-refractivity contribution in [2.45, 2.75) is 18.8 Å². The Balaban J connectivity index is 2.03. The first kappa shape index (κ1) is 10.4. The third-order valence-electron chi connectivity index (χ3n) is 3.06. The lowest BCUT2D eigenvalue weighted by Crippen LogP contribution is -2.16. The van der Waals surface area contributed by atoms with Crippen molar-refractivity contribution in [1.82, 2.24) is 14.6 Å². The second-order valence-electron chi connectivity index (χ2n) is 4.23. The summed E-state index contributed by atoms with van der Waals surface area (Å²) in [4.78, 5) is 15.3. The molecule has 2 aromatic rings. The highest BCUT2D eigenvalue weighted by molar-refractivity contribution is 5.83. The molecule has 88 valence electrons. The molecule has 0 radical (unpaired) electrons. The van der Waals surface area contributed by atoms with Crippen LogP contribution in [0.15, 0.2) is 18.3 Å². The molecule has 1 aliphatic rings. The number of aldehydes is 1. The Morgan fingerprint density at radius 1 is 1.53 bits per heavy atom. The molecule has 3 heterocycles. The normalized spacial score (nSPS) is 20.6. The summed E-state index contributed by atoms with van der Waals surface area (Å²) in [5, 5.41) is 4.41. The van der Waals surface area contributed by atoms with Crippen molar-refractivity contribution in [3.8, 4) is 0 Å². The van der Waals surface area contributed by atoms with E-state index in [0.717, 1.165) is 31.6 Å². The number of fused-ring (bicyclic) bond motifs is 1. The van der Waals surface area contributed by atoms with Crippen LogP contribution >= 0.6 is 0 Å². The van der Waals surface area contributed by atoms with E-state index in [1.54, 1.807) is 16.6 Å². The van der Waals surface area contributed by atoms with Crippen LogP contribution < -0.4 is 0 Å². The van der Waals surface area contributed by atoms with Crippen molar-refractivity contribution in [2.75, 3.05) is 13.2 Å². The van der Waals surface area contributed by atoms with Crippen molar-refractivity contribution in [1.29, 1.82) is 0 Å². The summed E-state index contributed by atoms with van der Waals surface area (Å²) in [6, 6.07) is 3.55. The van der Waals surface area contributed by atoms with Gasteiger partial charge in [-0.3, -0.25) is 4.79 Å². The summed E-state index contributed by atoms with van der Waals surface area (Å²) in [6.45, 7) is 1.50. The molecule has 0 saturated carbocycles. The number of ether oxygens (including phenoxy) is 1.